The van der Waals surface area contributed by atoms with Crippen molar-refractivity contribution in [3.05, 3.63) is 36.3 Å². The third kappa shape index (κ3) is 2.39. The fourth-order valence-corrected chi connectivity index (χ4v) is 3.42. The van der Waals surface area contributed by atoms with Gasteiger partial charge in [0.05, 0.1) is 5.52 Å². The first-order valence-electron chi connectivity index (χ1n) is 7.26. The standard InChI is InChI=1S/C16H21FN2/c17-14-7-6-12-8-9-19(16(12)10-14)15-5-3-1-2-4-13(15)11-18/h6-10,13,15H,1-5,11,18H2. The summed E-state index contributed by atoms with van der Waals surface area (Å²) >= 11 is 0. The molecule has 0 amide bonds. The molecule has 1 saturated carbocycles. The highest BCUT2D eigenvalue weighted by atomic mass is 19.1. The van der Waals surface area contributed by atoms with Crippen LogP contribution in [0.15, 0.2) is 30.5 Å². The summed E-state index contributed by atoms with van der Waals surface area (Å²) in [5.74, 6) is 0.353. The van der Waals surface area contributed by atoms with Crippen LogP contribution in [-0.2, 0) is 0 Å². The molecule has 0 radical (unpaired) electrons. The van der Waals surface area contributed by atoms with Gasteiger partial charge >= 0.3 is 0 Å². The van der Waals surface area contributed by atoms with Gasteiger partial charge in [-0.25, -0.2) is 4.39 Å². The van der Waals surface area contributed by atoms with Gasteiger partial charge < -0.3 is 10.3 Å². The molecule has 102 valence electrons. The van der Waals surface area contributed by atoms with Gasteiger partial charge in [-0.2, -0.15) is 0 Å². The minimum atomic E-state index is -0.162. The van der Waals surface area contributed by atoms with Gasteiger partial charge in [0, 0.05) is 12.2 Å². The van der Waals surface area contributed by atoms with E-state index in [1.54, 1.807) is 6.07 Å². The second kappa shape index (κ2) is 5.33. The number of nitrogens with zero attached hydrogens (tertiary/aromatic N) is 1. The van der Waals surface area contributed by atoms with Crippen molar-refractivity contribution in [1.82, 2.24) is 4.57 Å². The van der Waals surface area contributed by atoms with Crippen molar-refractivity contribution in [2.45, 2.75) is 38.1 Å². The van der Waals surface area contributed by atoms with Crippen LogP contribution in [0.4, 0.5) is 4.39 Å². The zero-order chi connectivity index (χ0) is 13.2. The van der Waals surface area contributed by atoms with Gasteiger partial charge in [-0.1, -0.05) is 19.3 Å². The van der Waals surface area contributed by atoms with Crippen molar-refractivity contribution in [3.8, 4) is 0 Å². The first kappa shape index (κ1) is 12.7. The summed E-state index contributed by atoms with van der Waals surface area (Å²) in [6.45, 7) is 0.722. The third-order valence-corrected chi connectivity index (χ3v) is 4.46. The van der Waals surface area contributed by atoms with Crippen molar-refractivity contribution in [2.75, 3.05) is 6.54 Å². The molecule has 1 fully saturated rings. The van der Waals surface area contributed by atoms with Crippen LogP contribution in [-0.4, -0.2) is 11.1 Å². The SMILES string of the molecule is NCC1CCCCCC1n1ccc2ccc(F)cc21. The summed E-state index contributed by atoms with van der Waals surface area (Å²) in [7, 11) is 0. The Morgan fingerprint density at radius 1 is 1.16 bits per heavy atom. The molecular formula is C16H21FN2. The van der Waals surface area contributed by atoms with Crippen molar-refractivity contribution in [3.63, 3.8) is 0 Å². The number of benzene rings is 1. The molecule has 3 heteroatoms. The molecule has 2 aromatic rings. The van der Waals surface area contributed by atoms with Gasteiger partial charge in [0.1, 0.15) is 5.82 Å². The third-order valence-electron chi connectivity index (χ3n) is 4.46. The molecule has 0 saturated heterocycles. The van der Waals surface area contributed by atoms with Crippen molar-refractivity contribution in [2.24, 2.45) is 11.7 Å². The predicted molar refractivity (Wildman–Crippen MR) is 76.6 cm³/mol. The second-order valence-corrected chi connectivity index (χ2v) is 5.63. The molecule has 19 heavy (non-hydrogen) atoms. The molecule has 1 aromatic carbocycles. The summed E-state index contributed by atoms with van der Waals surface area (Å²) in [5.41, 5.74) is 6.96. The van der Waals surface area contributed by atoms with E-state index >= 15 is 0 Å². The van der Waals surface area contributed by atoms with E-state index in [4.69, 9.17) is 5.73 Å². The van der Waals surface area contributed by atoms with Gasteiger partial charge in [0.25, 0.3) is 0 Å². The van der Waals surface area contributed by atoms with Gasteiger partial charge in [-0.3, -0.25) is 0 Å². The van der Waals surface area contributed by atoms with Gasteiger partial charge in [-0.15, -0.1) is 0 Å². The Labute approximate surface area is 113 Å². The minimum Gasteiger partial charge on any atom is -0.344 e. The molecule has 2 atom stereocenters. The number of rotatable bonds is 2. The van der Waals surface area contributed by atoms with Crippen LogP contribution in [0.1, 0.15) is 38.1 Å². The van der Waals surface area contributed by atoms with Crippen LogP contribution in [0.25, 0.3) is 10.9 Å². The summed E-state index contributed by atoms with van der Waals surface area (Å²) in [5, 5.41) is 1.11. The van der Waals surface area contributed by atoms with Gasteiger partial charge in [0.15, 0.2) is 0 Å². The molecule has 1 aliphatic carbocycles. The topological polar surface area (TPSA) is 30.9 Å². The average Bonchev–Trinajstić information content (AvgIpc) is 2.68. The number of aromatic nitrogens is 1. The maximum atomic E-state index is 13.5. The molecule has 0 aliphatic heterocycles. The van der Waals surface area contributed by atoms with E-state index in [1.165, 1.54) is 31.7 Å². The molecule has 0 spiro atoms. The lowest BCUT2D eigenvalue weighted by Crippen LogP contribution is -2.25. The summed E-state index contributed by atoms with van der Waals surface area (Å²) in [6.07, 6.45) is 8.25. The maximum Gasteiger partial charge on any atom is 0.125 e. The van der Waals surface area contributed by atoms with Crippen LogP contribution in [0.2, 0.25) is 0 Å². The Bertz CT molecular complexity index is 561. The van der Waals surface area contributed by atoms with E-state index in [2.05, 4.69) is 16.8 Å². The Kier molecular flexibility index (Phi) is 3.56. The molecule has 0 bridgehead atoms. The molecule has 1 aliphatic rings. The number of halogens is 1. The molecule has 1 heterocycles. The van der Waals surface area contributed by atoms with Crippen LogP contribution >= 0.6 is 0 Å². The van der Waals surface area contributed by atoms with Crippen LogP contribution in [0, 0.1) is 11.7 Å². The van der Waals surface area contributed by atoms with Crippen LogP contribution in [0.3, 0.4) is 0 Å². The lowest BCUT2D eigenvalue weighted by atomic mass is 9.94. The molecule has 2 unspecified atom stereocenters. The Morgan fingerprint density at radius 3 is 2.84 bits per heavy atom. The normalized spacial score (nSPS) is 24.5. The highest BCUT2D eigenvalue weighted by Gasteiger charge is 2.24. The van der Waals surface area contributed by atoms with E-state index in [1.807, 2.05) is 6.07 Å². The van der Waals surface area contributed by atoms with Crippen molar-refractivity contribution in [1.29, 1.82) is 0 Å². The average molecular weight is 260 g/mol. The lowest BCUT2D eigenvalue weighted by molar-refractivity contribution is 0.324. The minimum absolute atomic E-state index is 0.162. The monoisotopic (exact) mass is 260 g/mol. The summed E-state index contributed by atoms with van der Waals surface area (Å²) < 4.78 is 15.7. The van der Waals surface area contributed by atoms with Gasteiger partial charge in [-0.05, 0) is 55.0 Å². The molecule has 3 rings (SSSR count). The van der Waals surface area contributed by atoms with Crippen molar-refractivity contribution < 1.29 is 4.39 Å². The number of nitrogens with two attached hydrogens (primary N) is 1. The van der Waals surface area contributed by atoms with E-state index in [0.29, 0.717) is 12.0 Å². The molecule has 2 nitrogen and oxygen atoms in total. The van der Waals surface area contributed by atoms with E-state index < -0.39 is 0 Å². The first-order chi connectivity index (χ1) is 9.29. The number of fused-ring (bicyclic) bond motifs is 1. The fraction of sp³-hybridized carbons (Fsp3) is 0.500. The predicted octanol–water partition coefficient (Wildman–Crippen LogP) is 3.86. The zero-order valence-corrected chi connectivity index (χ0v) is 11.2. The van der Waals surface area contributed by atoms with Crippen LogP contribution in [0.5, 0.6) is 0 Å². The highest BCUT2D eigenvalue weighted by Crippen LogP contribution is 2.34. The highest BCUT2D eigenvalue weighted by molar-refractivity contribution is 5.80. The van der Waals surface area contributed by atoms with E-state index in [9.17, 15) is 4.39 Å². The largest absolute Gasteiger partial charge is 0.344 e. The quantitative estimate of drug-likeness (QED) is 0.817. The smallest absolute Gasteiger partial charge is 0.125 e. The lowest BCUT2D eigenvalue weighted by Gasteiger charge is -2.26. The zero-order valence-electron chi connectivity index (χ0n) is 11.2. The number of hydrogen-bond donors (Lipinski definition) is 1. The van der Waals surface area contributed by atoms with E-state index in [0.717, 1.165) is 23.9 Å². The summed E-state index contributed by atoms with van der Waals surface area (Å²) in [6, 6.07) is 7.53. The molecule has 1 aromatic heterocycles. The summed E-state index contributed by atoms with van der Waals surface area (Å²) in [4.78, 5) is 0. The van der Waals surface area contributed by atoms with E-state index in [-0.39, 0.29) is 5.82 Å². The first-order valence-corrected chi connectivity index (χ1v) is 7.26. The Morgan fingerprint density at radius 2 is 2.00 bits per heavy atom. The molecule has 2 N–H and O–H groups in total. The maximum absolute atomic E-state index is 13.5. The fourth-order valence-electron chi connectivity index (χ4n) is 3.42. The van der Waals surface area contributed by atoms with Gasteiger partial charge in [0.2, 0.25) is 0 Å². The second-order valence-electron chi connectivity index (χ2n) is 5.63. The van der Waals surface area contributed by atoms with Crippen LogP contribution < -0.4 is 5.73 Å². The van der Waals surface area contributed by atoms with Crippen molar-refractivity contribution >= 4 is 10.9 Å². The Hall–Kier alpha value is -1.35. The Balaban J connectivity index is 2.03. The number of hydrogen-bond acceptors (Lipinski definition) is 1. The molecular weight excluding hydrogens is 239 g/mol.